The third-order valence-electron chi connectivity index (χ3n) is 2.87. The maximum absolute atomic E-state index is 5.70. The standard InChI is InChI=1S/C15H13NO2/c1-17-13-8-4-2-6-11(13)10-15-16-12-7-3-5-9-14(12)18-15/h2-9H,10H2,1H3. The molecule has 3 rings (SSSR count). The van der Waals surface area contributed by atoms with Crippen molar-refractivity contribution in [1.82, 2.24) is 4.98 Å². The Morgan fingerprint density at radius 2 is 1.83 bits per heavy atom. The summed E-state index contributed by atoms with van der Waals surface area (Å²) in [6.45, 7) is 0. The molecule has 18 heavy (non-hydrogen) atoms. The van der Waals surface area contributed by atoms with Gasteiger partial charge >= 0.3 is 0 Å². The largest absolute Gasteiger partial charge is 0.496 e. The van der Waals surface area contributed by atoms with Crippen LogP contribution in [0.3, 0.4) is 0 Å². The number of rotatable bonds is 3. The van der Waals surface area contributed by atoms with E-state index in [9.17, 15) is 0 Å². The Labute approximate surface area is 105 Å². The zero-order valence-electron chi connectivity index (χ0n) is 10.1. The molecule has 0 bridgehead atoms. The Bertz CT molecular complexity index is 640. The number of oxazole rings is 1. The van der Waals surface area contributed by atoms with Crippen molar-refractivity contribution in [2.75, 3.05) is 7.11 Å². The number of para-hydroxylation sites is 3. The number of methoxy groups -OCH3 is 1. The van der Waals surface area contributed by atoms with Gasteiger partial charge in [0.25, 0.3) is 0 Å². The Kier molecular flexibility index (Phi) is 2.73. The van der Waals surface area contributed by atoms with Crippen LogP contribution in [0, 0.1) is 0 Å². The molecule has 0 amide bonds. The molecule has 0 atom stereocenters. The van der Waals surface area contributed by atoms with Crippen LogP contribution in [-0.2, 0) is 6.42 Å². The molecule has 0 unspecified atom stereocenters. The van der Waals surface area contributed by atoms with Crippen LogP contribution in [0.1, 0.15) is 11.5 Å². The molecule has 0 spiro atoms. The van der Waals surface area contributed by atoms with Crippen molar-refractivity contribution < 1.29 is 9.15 Å². The minimum Gasteiger partial charge on any atom is -0.496 e. The predicted octanol–water partition coefficient (Wildman–Crippen LogP) is 3.43. The van der Waals surface area contributed by atoms with E-state index in [0.717, 1.165) is 22.4 Å². The van der Waals surface area contributed by atoms with Gasteiger partial charge in [0.15, 0.2) is 11.5 Å². The van der Waals surface area contributed by atoms with E-state index in [1.165, 1.54) is 0 Å². The number of fused-ring (bicyclic) bond motifs is 1. The lowest BCUT2D eigenvalue weighted by Crippen LogP contribution is -1.93. The molecule has 0 aliphatic rings. The first-order chi connectivity index (χ1) is 8.86. The van der Waals surface area contributed by atoms with Crippen LogP contribution < -0.4 is 4.74 Å². The molecule has 3 heteroatoms. The highest BCUT2D eigenvalue weighted by Gasteiger charge is 2.08. The third kappa shape index (κ3) is 1.95. The zero-order chi connectivity index (χ0) is 12.4. The van der Waals surface area contributed by atoms with Gasteiger partial charge in [-0.05, 0) is 18.2 Å². The monoisotopic (exact) mass is 239 g/mol. The Hall–Kier alpha value is -2.29. The minimum atomic E-state index is 0.638. The predicted molar refractivity (Wildman–Crippen MR) is 69.8 cm³/mol. The molecule has 0 fully saturated rings. The van der Waals surface area contributed by atoms with Crippen LogP contribution in [0.2, 0.25) is 0 Å². The lowest BCUT2D eigenvalue weighted by Gasteiger charge is -2.05. The average Bonchev–Trinajstić information content (AvgIpc) is 2.81. The molecule has 0 saturated carbocycles. The second-order valence-electron chi connectivity index (χ2n) is 4.06. The van der Waals surface area contributed by atoms with E-state index < -0.39 is 0 Å². The number of ether oxygens (including phenoxy) is 1. The van der Waals surface area contributed by atoms with E-state index in [2.05, 4.69) is 4.98 Å². The fraction of sp³-hybridized carbons (Fsp3) is 0.133. The smallest absolute Gasteiger partial charge is 0.200 e. The molecule has 2 aromatic carbocycles. The summed E-state index contributed by atoms with van der Waals surface area (Å²) in [5.74, 6) is 1.57. The van der Waals surface area contributed by atoms with Crippen LogP contribution in [0.4, 0.5) is 0 Å². The number of benzene rings is 2. The van der Waals surface area contributed by atoms with Gasteiger partial charge in [0.2, 0.25) is 0 Å². The summed E-state index contributed by atoms with van der Waals surface area (Å²) in [5, 5.41) is 0. The molecule has 0 aliphatic carbocycles. The van der Waals surface area contributed by atoms with Gasteiger partial charge < -0.3 is 9.15 Å². The quantitative estimate of drug-likeness (QED) is 0.702. The van der Waals surface area contributed by atoms with Crippen molar-refractivity contribution in [3.05, 3.63) is 60.0 Å². The van der Waals surface area contributed by atoms with E-state index in [1.807, 2.05) is 48.5 Å². The van der Waals surface area contributed by atoms with Gasteiger partial charge in [0.1, 0.15) is 11.3 Å². The molecule has 1 heterocycles. The number of aromatic nitrogens is 1. The minimum absolute atomic E-state index is 0.638. The normalized spacial score (nSPS) is 10.7. The van der Waals surface area contributed by atoms with Crippen molar-refractivity contribution in [1.29, 1.82) is 0 Å². The molecule has 0 radical (unpaired) electrons. The van der Waals surface area contributed by atoms with Crippen molar-refractivity contribution in [2.45, 2.75) is 6.42 Å². The summed E-state index contributed by atoms with van der Waals surface area (Å²) in [4.78, 5) is 4.46. The van der Waals surface area contributed by atoms with Crippen LogP contribution >= 0.6 is 0 Å². The Balaban J connectivity index is 1.96. The van der Waals surface area contributed by atoms with Crippen molar-refractivity contribution in [2.24, 2.45) is 0 Å². The van der Waals surface area contributed by atoms with Gasteiger partial charge in [0, 0.05) is 5.56 Å². The van der Waals surface area contributed by atoms with Gasteiger partial charge in [-0.2, -0.15) is 0 Å². The van der Waals surface area contributed by atoms with Crippen LogP contribution in [0.5, 0.6) is 5.75 Å². The van der Waals surface area contributed by atoms with Gasteiger partial charge in [-0.15, -0.1) is 0 Å². The highest BCUT2D eigenvalue weighted by molar-refractivity contribution is 5.72. The molecular formula is C15H13NO2. The van der Waals surface area contributed by atoms with Crippen molar-refractivity contribution in [3.63, 3.8) is 0 Å². The average molecular weight is 239 g/mol. The van der Waals surface area contributed by atoms with E-state index in [0.29, 0.717) is 12.3 Å². The third-order valence-corrected chi connectivity index (χ3v) is 2.87. The molecule has 1 aromatic heterocycles. The molecule has 3 aromatic rings. The summed E-state index contributed by atoms with van der Waals surface area (Å²) in [6.07, 6.45) is 0.638. The van der Waals surface area contributed by atoms with Gasteiger partial charge in [0.05, 0.1) is 13.5 Å². The van der Waals surface area contributed by atoms with E-state index >= 15 is 0 Å². The molecular weight excluding hydrogens is 226 g/mol. The zero-order valence-corrected chi connectivity index (χ0v) is 10.1. The highest BCUT2D eigenvalue weighted by atomic mass is 16.5. The molecule has 0 saturated heterocycles. The van der Waals surface area contributed by atoms with Crippen molar-refractivity contribution in [3.8, 4) is 5.75 Å². The Morgan fingerprint density at radius 3 is 2.67 bits per heavy atom. The molecule has 0 N–H and O–H groups in total. The Morgan fingerprint density at radius 1 is 1.06 bits per heavy atom. The lowest BCUT2D eigenvalue weighted by atomic mass is 10.1. The first-order valence-corrected chi connectivity index (χ1v) is 5.83. The topological polar surface area (TPSA) is 35.3 Å². The fourth-order valence-corrected chi connectivity index (χ4v) is 2.01. The van der Waals surface area contributed by atoms with Gasteiger partial charge in [-0.25, -0.2) is 4.98 Å². The first kappa shape index (κ1) is 10.8. The SMILES string of the molecule is COc1ccccc1Cc1nc2ccccc2o1. The maximum Gasteiger partial charge on any atom is 0.200 e. The molecule has 3 nitrogen and oxygen atoms in total. The van der Waals surface area contributed by atoms with Crippen molar-refractivity contribution >= 4 is 11.1 Å². The van der Waals surface area contributed by atoms with E-state index in [-0.39, 0.29) is 0 Å². The fourth-order valence-electron chi connectivity index (χ4n) is 2.01. The summed E-state index contributed by atoms with van der Waals surface area (Å²) < 4.78 is 11.0. The van der Waals surface area contributed by atoms with Crippen LogP contribution in [0.25, 0.3) is 11.1 Å². The second-order valence-corrected chi connectivity index (χ2v) is 4.06. The number of nitrogens with zero attached hydrogens (tertiary/aromatic N) is 1. The van der Waals surface area contributed by atoms with Crippen LogP contribution in [-0.4, -0.2) is 12.1 Å². The van der Waals surface area contributed by atoms with E-state index in [4.69, 9.17) is 9.15 Å². The first-order valence-electron chi connectivity index (χ1n) is 5.83. The maximum atomic E-state index is 5.70. The summed E-state index contributed by atoms with van der Waals surface area (Å²) >= 11 is 0. The summed E-state index contributed by atoms with van der Waals surface area (Å²) in [5.41, 5.74) is 2.79. The summed E-state index contributed by atoms with van der Waals surface area (Å²) in [6, 6.07) is 15.7. The number of hydrogen-bond donors (Lipinski definition) is 0. The summed E-state index contributed by atoms with van der Waals surface area (Å²) in [7, 11) is 1.67. The molecule has 90 valence electrons. The number of hydrogen-bond acceptors (Lipinski definition) is 3. The second kappa shape index (κ2) is 4.53. The highest BCUT2D eigenvalue weighted by Crippen LogP contribution is 2.22. The van der Waals surface area contributed by atoms with E-state index in [1.54, 1.807) is 7.11 Å². The van der Waals surface area contributed by atoms with Gasteiger partial charge in [-0.3, -0.25) is 0 Å². The van der Waals surface area contributed by atoms with Crippen LogP contribution in [0.15, 0.2) is 52.9 Å². The molecule has 0 aliphatic heterocycles. The lowest BCUT2D eigenvalue weighted by molar-refractivity contribution is 0.408. The van der Waals surface area contributed by atoms with Gasteiger partial charge in [-0.1, -0.05) is 30.3 Å².